The molecule has 2 rings (SSSR count). The Morgan fingerprint density at radius 3 is 3.00 bits per heavy atom. The molecule has 0 atom stereocenters. The Morgan fingerprint density at radius 2 is 2.28 bits per heavy atom. The first-order chi connectivity index (χ1) is 8.79. The fourth-order valence-corrected chi connectivity index (χ4v) is 1.35. The molecule has 0 aliphatic carbocycles. The van der Waals surface area contributed by atoms with E-state index in [1.54, 1.807) is 12.4 Å². The number of hydrogen-bond donors (Lipinski definition) is 1. The second-order valence-corrected chi connectivity index (χ2v) is 3.45. The van der Waals surface area contributed by atoms with Crippen molar-refractivity contribution in [2.24, 2.45) is 4.36 Å². The number of carbonyl (C=O) groups excluding carboxylic acids is 1. The van der Waals surface area contributed by atoms with E-state index in [2.05, 4.69) is 31.2 Å². The SMILES string of the molecule is O=S=NC(=O)c1cncc(C#Cc2ncc[nH]2)c1. The minimum Gasteiger partial charge on any atom is -0.338 e. The molecule has 7 heteroatoms. The molecule has 2 aromatic rings. The van der Waals surface area contributed by atoms with E-state index in [1.807, 2.05) is 0 Å². The van der Waals surface area contributed by atoms with Crippen molar-refractivity contribution in [3.63, 3.8) is 0 Å². The van der Waals surface area contributed by atoms with E-state index in [0.717, 1.165) is 0 Å². The number of amides is 1. The lowest BCUT2D eigenvalue weighted by Gasteiger charge is -1.93. The summed E-state index contributed by atoms with van der Waals surface area (Å²) < 4.78 is 13.3. The van der Waals surface area contributed by atoms with Gasteiger partial charge in [-0.05, 0) is 12.0 Å². The van der Waals surface area contributed by atoms with Crippen LogP contribution < -0.4 is 0 Å². The molecule has 0 bridgehead atoms. The van der Waals surface area contributed by atoms with E-state index < -0.39 is 5.91 Å². The van der Waals surface area contributed by atoms with Crippen molar-refractivity contribution in [3.8, 4) is 11.8 Å². The Hall–Kier alpha value is -2.59. The molecule has 1 amide bonds. The minimum atomic E-state index is -0.621. The van der Waals surface area contributed by atoms with Crippen molar-refractivity contribution >= 4 is 17.4 Å². The van der Waals surface area contributed by atoms with Crippen molar-refractivity contribution in [1.82, 2.24) is 15.0 Å². The predicted molar refractivity (Wildman–Crippen MR) is 63.7 cm³/mol. The summed E-state index contributed by atoms with van der Waals surface area (Å²) in [7, 11) is 0. The zero-order chi connectivity index (χ0) is 12.8. The zero-order valence-electron chi connectivity index (χ0n) is 8.95. The number of imidazole rings is 1. The second kappa shape index (κ2) is 5.65. The van der Waals surface area contributed by atoms with Gasteiger partial charge >= 0.3 is 0 Å². The van der Waals surface area contributed by atoms with E-state index in [-0.39, 0.29) is 17.0 Å². The highest BCUT2D eigenvalue weighted by atomic mass is 32.1. The van der Waals surface area contributed by atoms with E-state index in [9.17, 15) is 9.00 Å². The third-order valence-corrected chi connectivity index (χ3v) is 2.17. The van der Waals surface area contributed by atoms with Gasteiger partial charge in [-0.1, -0.05) is 5.92 Å². The maximum Gasteiger partial charge on any atom is 0.291 e. The molecule has 0 aliphatic rings. The molecule has 88 valence electrons. The fourth-order valence-electron chi connectivity index (χ4n) is 1.18. The number of nitrogens with zero attached hydrogens (tertiary/aromatic N) is 3. The van der Waals surface area contributed by atoms with E-state index in [4.69, 9.17) is 0 Å². The van der Waals surface area contributed by atoms with Gasteiger partial charge in [0.2, 0.25) is 11.5 Å². The first kappa shape index (κ1) is 11.9. The van der Waals surface area contributed by atoms with Crippen LogP contribution >= 0.6 is 0 Å². The van der Waals surface area contributed by atoms with Gasteiger partial charge in [-0.3, -0.25) is 9.78 Å². The van der Waals surface area contributed by atoms with Gasteiger partial charge in [-0.2, -0.15) is 4.21 Å². The number of aromatic amines is 1. The predicted octanol–water partition coefficient (Wildman–Crippen LogP) is 0.741. The lowest BCUT2D eigenvalue weighted by atomic mass is 10.2. The van der Waals surface area contributed by atoms with Crippen LogP contribution in [0.4, 0.5) is 0 Å². The third-order valence-electron chi connectivity index (χ3n) is 1.93. The molecule has 18 heavy (non-hydrogen) atoms. The van der Waals surface area contributed by atoms with Crippen molar-refractivity contribution in [3.05, 3.63) is 47.8 Å². The zero-order valence-corrected chi connectivity index (χ0v) is 9.77. The molecular formula is C11H6N4O2S. The fraction of sp³-hybridized carbons (Fsp3) is 0. The van der Waals surface area contributed by atoms with Crippen LogP contribution in [0.1, 0.15) is 21.7 Å². The van der Waals surface area contributed by atoms with Crippen molar-refractivity contribution in [2.45, 2.75) is 0 Å². The third kappa shape index (κ3) is 2.96. The van der Waals surface area contributed by atoms with Crippen molar-refractivity contribution in [1.29, 1.82) is 0 Å². The Bertz CT molecular complexity index is 679. The molecule has 0 saturated carbocycles. The molecule has 0 fully saturated rings. The summed E-state index contributed by atoms with van der Waals surface area (Å²) in [6, 6.07) is 1.52. The number of hydrogen-bond acceptors (Lipinski definition) is 4. The molecule has 0 radical (unpaired) electrons. The normalized spacial score (nSPS) is 9.11. The van der Waals surface area contributed by atoms with Gasteiger partial charge in [0.05, 0.1) is 5.56 Å². The highest BCUT2D eigenvalue weighted by Gasteiger charge is 2.04. The molecule has 0 spiro atoms. The highest BCUT2D eigenvalue weighted by molar-refractivity contribution is 7.55. The quantitative estimate of drug-likeness (QED) is 0.764. The first-order valence-electron chi connectivity index (χ1n) is 4.80. The van der Waals surface area contributed by atoms with Crippen LogP contribution in [-0.4, -0.2) is 25.1 Å². The summed E-state index contributed by atoms with van der Waals surface area (Å²) in [5.41, 5.74) is 0.771. The summed E-state index contributed by atoms with van der Waals surface area (Å²) in [4.78, 5) is 22.0. The van der Waals surface area contributed by atoms with Crippen LogP contribution in [0.25, 0.3) is 0 Å². The molecule has 6 nitrogen and oxygen atoms in total. The van der Waals surface area contributed by atoms with Crippen LogP contribution in [-0.2, 0) is 11.5 Å². The first-order valence-corrected chi connectivity index (χ1v) is 5.50. The lowest BCUT2D eigenvalue weighted by molar-refractivity contribution is 0.100. The van der Waals surface area contributed by atoms with Gasteiger partial charge in [0.15, 0.2) is 5.82 Å². The number of carbonyl (C=O) groups is 1. The highest BCUT2D eigenvalue weighted by Crippen LogP contribution is 2.03. The average Bonchev–Trinajstić information content (AvgIpc) is 2.90. The molecule has 0 aliphatic heterocycles. The Labute approximate surface area is 106 Å². The van der Waals surface area contributed by atoms with Gasteiger partial charge in [-0.25, -0.2) is 4.98 Å². The van der Waals surface area contributed by atoms with Crippen LogP contribution in [0.15, 0.2) is 35.2 Å². The largest absolute Gasteiger partial charge is 0.338 e. The van der Waals surface area contributed by atoms with Crippen molar-refractivity contribution < 1.29 is 9.00 Å². The maximum absolute atomic E-state index is 11.3. The molecule has 2 aromatic heterocycles. The summed E-state index contributed by atoms with van der Waals surface area (Å²) >= 11 is -0.132. The monoisotopic (exact) mass is 258 g/mol. The number of pyridine rings is 1. The minimum absolute atomic E-state index is 0.132. The molecule has 0 saturated heterocycles. The van der Waals surface area contributed by atoms with E-state index in [0.29, 0.717) is 11.4 Å². The Morgan fingerprint density at radius 1 is 1.39 bits per heavy atom. The number of H-pyrrole nitrogens is 1. The molecule has 1 N–H and O–H groups in total. The lowest BCUT2D eigenvalue weighted by Crippen LogP contribution is -1.95. The summed E-state index contributed by atoms with van der Waals surface area (Å²) in [6.07, 6.45) is 6.09. The molecule has 0 unspecified atom stereocenters. The second-order valence-electron chi connectivity index (χ2n) is 3.12. The standard InChI is InChI=1S/C11H6N4O2S/c16-11(15-18-17)9-5-8(6-12-7-9)1-2-10-13-3-4-14-10/h3-7H,(H,13,14). The maximum atomic E-state index is 11.3. The molecule has 0 aromatic carbocycles. The van der Waals surface area contributed by atoms with Gasteiger partial charge in [0.1, 0.15) is 0 Å². The molecule has 2 heterocycles. The van der Waals surface area contributed by atoms with Crippen LogP contribution in [0.2, 0.25) is 0 Å². The summed E-state index contributed by atoms with van der Waals surface area (Å²) in [5.74, 6) is 5.47. The number of rotatable bonds is 1. The van der Waals surface area contributed by atoms with Crippen LogP contribution in [0.5, 0.6) is 0 Å². The van der Waals surface area contributed by atoms with Crippen LogP contribution in [0, 0.1) is 11.8 Å². The smallest absolute Gasteiger partial charge is 0.291 e. The van der Waals surface area contributed by atoms with E-state index in [1.165, 1.54) is 18.5 Å². The van der Waals surface area contributed by atoms with Gasteiger partial charge < -0.3 is 4.98 Å². The summed E-state index contributed by atoms with van der Waals surface area (Å²) in [6.45, 7) is 0. The topological polar surface area (TPSA) is 88.1 Å². The number of nitrogens with one attached hydrogen (secondary N) is 1. The van der Waals surface area contributed by atoms with E-state index >= 15 is 0 Å². The average molecular weight is 258 g/mol. The number of aromatic nitrogens is 3. The van der Waals surface area contributed by atoms with Crippen LogP contribution in [0.3, 0.4) is 0 Å². The van der Waals surface area contributed by atoms with Gasteiger partial charge in [0, 0.05) is 30.4 Å². The van der Waals surface area contributed by atoms with Gasteiger partial charge in [0.25, 0.3) is 5.91 Å². The Kier molecular flexibility index (Phi) is 3.73. The summed E-state index contributed by atoms with van der Waals surface area (Å²) in [5, 5.41) is 0. The Balaban J connectivity index is 2.28. The van der Waals surface area contributed by atoms with Crippen molar-refractivity contribution in [2.75, 3.05) is 0 Å². The van der Waals surface area contributed by atoms with Gasteiger partial charge in [-0.15, -0.1) is 4.36 Å². The molecular weight excluding hydrogens is 252 g/mol.